The Morgan fingerprint density at radius 2 is 1.95 bits per heavy atom. The molecule has 0 aliphatic rings. The van der Waals surface area contributed by atoms with Crippen molar-refractivity contribution in [2.24, 2.45) is 0 Å². The molecule has 0 aromatic heterocycles. The van der Waals surface area contributed by atoms with Crippen LogP contribution in [0.3, 0.4) is 0 Å². The standard InChI is InChI=1S/C15H21ClN2O3/c1-11(15(20)17-8-9-21-3)18(12(2)19)10-13-4-6-14(16)7-5-13/h4-7,11H,8-10H2,1-3H3,(H,17,20). The predicted molar refractivity (Wildman–Crippen MR) is 82.0 cm³/mol. The van der Waals surface area contributed by atoms with Crippen LogP contribution in [0.2, 0.25) is 5.02 Å². The second-order valence-corrected chi connectivity index (χ2v) is 5.17. The van der Waals surface area contributed by atoms with Crippen molar-refractivity contribution in [3.63, 3.8) is 0 Å². The fraction of sp³-hybridized carbons (Fsp3) is 0.467. The number of hydrogen-bond acceptors (Lipinski definition) is 3. The zero-order valence-electron chi connectivity index (χ0n) is 12.6. The molecule has 0 aliphatic carbocycles. The van der Waals surface area contributed by atoms with Gasteiger partial charge in [-0.25, -0.2) is 0 Å². The van der Waals surface area contributed by atoms with Crippen molar-refractivity contribution >= 4 is 23.4 Å². The number of rotatable bonds is 7. The Labute approximate surface area is 130 Å². The quantitative estimate of drug-likeness (QED) is 0.782. The van der Waals surface area contributed by atoms with Gasteiger partial charge < -0.3 is 15.0 Å². The van der Waals surface area contributed by atoms with Crippen molar-refractivity contribution in [1.82, 2.24) is 10.2 Å². The van der Waals surface area contributed by atoms with Crippen LogP contribution in [-0.4, -0.2) is 43.0 Å². The molecule has 0 saturated heterocycles. The van der Waals surface area contributed by atoms with E-state index in [-0.39, 0.29) is 11.8 Å². The van der Waals surface area contributed by atoms with Crippen LogP contribution in [0.5, 0.6) is 0 Å². The molecule has 0 aliphatic heterocycles. The van der Waals surface area contributed by atoms with Crippen molar-refractivity contribution in [2.75, 3.05) is 20.3 Å². The van der Waals surface area contributed by atoms with Crippen molar-refractivity contribution in [1.29, 1.82) is 0 Å². The van der Waals surface area contributed by atoms with Gasteiger partial charge in [-0.05, 0) is 24.6 Å². The molecule has 1 rings (SSSR count). The molecule has 6 heteroatoms. The number of nitrogens with zero attached hydrogens (tertiary/aromatic N) is 1. The van der Waals surface area contributed by atoms with Crippen LogP contribution in [0.15, 0.2) is 24.3 Å². The minimum Gasteiger partial charge on any atom is -0.383 e. The highest BCUT2D eigenvalue weighted by Crippen LogP contribution is 2.13. The zero-order valence-corrected chi connectivity index (χ0v) is 13.3. The van der Waals surface area contributed by atoms with Crippen LogP contribution in [0.25, 0.3) is 0 Å². The van der Waals surface area contributed by atoms with Crippen LogP contribution in [0, 0.1) is 0 Å². The third-order valence-electron chi connectivity index (χ3n) is 3.12. The first-order valence-corrected chi connectivity index (χ1v) is 7.11. The molecule has 1 unspecified atom stereocenters. The summed E-state index contributed by atoms with van der Waals surface area (Å²) in [7, 11) is 1.57. The summed E-state index contributed by atoms with van der Waals surface area (Å²) >= 11 is 5.84. The summed E-state index contributed by atoms with van der Waals surface area (Å²) < 4.78 is 4.88. The van der Waals surface area contributed by atoms with Crippen molar-refractivity contribution < 1.29 is 14.3 Å². The van der Waals surface area contributed by atoms with Crippen LogP contribution in [-0.2, 0) is 20.9 Å². The highest BCUT2D eigenvalue weighted by Gasteiger charge is 2.23. The van der Waals surface area contributed by atoms with Gasteiger partial charge in [0, 0.05) is 32.1 Å². The van der Waals surface area contributed by atoms with E-state index in [0.717, 1.165) is 5.56 Å². The minimum atomic E-state index is -0.546. The fourth-order valence-corrected chi connectivity index (χ4v) is 2.00. The average molecular weight is 313 g/mol. The summed E-state index contributed by atoms with van der Waals surface area (Å²) in [5.74, 6) is -0.351. The maximum absolute atomic E-state index is 12.0. The third kappa shape index (κ3) is 5.73. The van der Waals surface area contributed by atoms with Crippen molar-refractivity contribution in [3.05, 3.63) is 34.9 Å². The molecule has 1 aromatic carbocycles. The van der Waals surface area contributed by atoms with E-state index in [1.807, 2.05) is 12.1 Å². The number of ether oxygens (including phenoxy) is 1. The summed E-state index contributed by atoms with van der Waals surface area (Å²) in [4.78, 5) is 25.3. The van der Waals surface area contributed by atoms with Gasteiger partial charge >= 0.3 is 0 Å². The molecule has 0 heterocycles. The van der Waals surface area contributed by atoms with Gasteiger partial charge in [0.2, 0.25) is 11.8 Å². The lowest BCUT2D eigenvalue weighted by molar-refractivity contribution is -0.139. The Bertz CT molecular complexity index is 476. The lowest BCUT2D eigenvalue weighted by atomic mass is 10.1. The monoisotopic (exact) mass is 312 g/mol. The molecule has 1 atom stereocenters. The molecule has 5 nitrogen and oxygen atoms in total. The van der Waals surface area contributed by atoms with E-state index in [4.69, 9.17) is 16.3 Å². The van der Waals surface area contributed by atoms with Crippen LogP contribution in [0.4, 0.5) is 0 Å². The minimum absolute atomic E-state index is 0.153. The molecule has 0 bridgehead atoms. The van der Waals surface area contributed by atoms with E-state index in [9.17, 15) is 9.59 Å². The normalized spacial score (nSPS) is 11.8. The summed E-state index contributed by atoms with van der Waals surface area (Å²) in [5, 5.41) is 3.37. The Morgan fingerprint density at radius 3 is 2.48 bits per heavy atom. The Balaban J connectivity index is 2.69. The molecule has 0 spiro atoms. The van der Waals surface area contributed by atoms with Crippen LogP contribution in [0.1, 0.15) is 19.4 Å². The smallest absolute Gasteiger partial charge is 0.242 e. The number of benzene rings is 1. The predicted octanol–water partition coefficient (Wildman–Crippen LogP) is 1.84. The summed E-state index contributed by atoms with van der Waals surface area (Å²) in [6.07, 6.45) is 0. The number of hydrogen-bond donors (Lipinski definition) is 1. The summed E-state index contributed by atoms with van der Waals surface area (Å²) in [5.41, 5.74) is 0.922. The highest BCUT2D eigenvalue weighted by molar-refractivity contribution is 6.30. The Kier molecular flexibility index (Phi) is 7.19. The van der Waals surface area contributed by atoms with Crippen LogP contribution < -0.4 is 5.32 Å². The summed E-state index contributed by atoms with van der Waals surface area (Å²) in [6.45, 7) is 4.39. The van der Waals surface area contributed by atoms with Gasteiger partial charge in [0.15, 0.2) is 0 Å². The second kappa shape index (κ2) is 8.64. The Morgan fingerprint density at radius 1 is 1.33 bits per heavy atom. The fourth-order valence-electron chi connectivity index (χ4n) is 1.87. The first-order valence-electron chi connectivity index (χ1n) is 6.74. The molecule has 0 fully saturated rings. The molecule has 1 N–H and O–H groups in total. The second-order valence-electron chi connectivity index (χ2n) is 4.73. The number of nitrogens with one attached hydrogen (secondary N) is 1. The zero-order chi connectivity index (χ0) is 15.8. The average Bonchev–Trinajstić information content (AvgIpc) is 2.45. The number of carbonyl (C=O) groups excluding carboxylic acids is 2. The SMILES string of the molecule is COCCNC(=O)C(C)N(Cc1ccc(Cl)cc1)C(C)=O. The topological polar surface area (TPSA) is 58.6 Å². The number of carbonyl (C=O) groups is 2. The first-order chi connectivity index (χ1) is 9.95. The van der Waals surface area contributed by atoms with E-state index in [2.05, 4.69) is 5.32 Å². The number of methoxy groups -OCH3 is 1. The molecular formula is C15H21ClN2O3. The maximum Gasteiger partial charge on any atom is 0.242 e. The molecule has 0 saturated carbocycles. The van der Waals surface area contributed by atoms with E-state index in [0.29, 0.717) is 24.7 Å². The lowest BCUT2D eigenvalue weighted by Gasteiger charge is -2.27. The van der Waals surface area contributed by atoms with Crippen molar-refractivity contribution in [3.8, 4) is 0 Å². The molecule has 1 aromatic rings. The van der Waals surface area contributed by atoms with Crippen LogP contribution >= 0.6 is 11.6 Å². The van der Waals surface area contributed by atoms with Gasteiger partial charge in [-0.3, -0.25) is 9.59 Å². The lowest BCUT2D eigenvalue weighted by Crippen LogP contribution is -2.47. The van der Waals surface area contributed by atoms with Gasteiger partial charge in [-0.2, -0.15) is 0 Å². The molecule has 2 amide bonds. The molecule has 21 heavy (non-hydrogen) atoms. The van der Waals surface area contributed by atoms with Gasteiger partial charge in [0.1, 0.15) is 6.04 Å². The Hall–Kier alpha value is -1.59. The van der Waals surface area contributed by atoms with Gasteiger partial charge in [0.05, 0.1) is 6.61 Å². The van der Waals surface area contributed by atoms with E-state index >= 15 is 0 Å². The summed E-state index contributed by atoms with van der Waals surface area (Å²) in [6, 6.07) is 6.66. The molecule has 116 valence electrons. The van der Waals surface area contributed by atoms with E-state index in [1.54, 1.807) is 26.2 Å². The maximum atomic E-state index is 12.0. The third-order valence-corrected chi connectivity index (χ3v) is 3.37. The van der Waals surface area contributed by atoms with E-state index < -0.39 is 6.04 Å². The molecular weight excluding hydrogens is 292 g/mol. The number of halogens is 1. The number of amides is 2. The largest absolute Gasteiger partial charge is 0.383 e. The highest BCUT2D eigenvalue weighted by atomic mass is 35.5. The van der Waals surface area contributed by atoms with Gasteiger partial charge in [-0.1, -0.05) is 23.7 Å². The van der Waals surface area contributed by atoms with Gasteiger partial charge in [0.25, 0.3) is 0 Å². The molecule has 0 radical (unpaired) electrons. The van der Waals surface area contributed by atoms with Gasteiger partial charge in [-0.15, -0.1) is 0 Å². The first kappa shape index (κ1) is 17.5. The van der Waals surface area contributed by atoms with Crippen molar-refractivity contribution in [2.45, 2.75) is 26.4 Å². The van der Waals surface area contributed by atoms with E-state index in [1.165, 1.54) is 11.8 Å².